The number of esters is 2. The van der Waals surface area contributed by atoms with Gasteiger partial charge >= 0.3 is 47.7 Å². The molecule has 206 valence electrons. The first-order chi connectivity index (χ1) is 15.3. The highest BCUT2D eigenvalue weighted by molar-refractivity contribution is 6.76. The molecule has 0 aromatic carbocycles. The van der Waals surface area contributed by atoms with Gasteiger partial charge in [-0.3, -0.25) is 0 Å². The van der Waals surface area contributed by atoms with Crippen LogP contribution < -0.4 is 0 Å². The molecule has 0 heterocycles. The van der Waals surface area contributed by atoms with E-state index in [1.54, 1.807) is 0 Å². The molecule has 0 aliphatic rings. The Balaban J connectivity index is 5.57. The highest BCUT2D eigenvalue weighted by atomic mass is 28.3. The van der Waals surface area contributed by atoms with Gasteiger partial charge in [-0.1, -0.05) is 25.7 Å². The molecule has 0 bridgehead atoms. The molecule has 18 heteroatoms. The van der Waals surface area contributed by atoms with Gasteiger partial charge in [-0.15, -0.1) is 0 Å². The van der Waals surface area contributed by atoms with Crippen molar-refractivity contribution in [2.24, 2.45) is 0 Å². The lowest BCUT2D eigenvalue weighted by molar-refractivity contribution is -0.450. The molecule has 4 nitrogen and oxygen atoms in total. The molecule has 0 spiro atoms. The summed E-state index contributed by atoms with van der Waals surface area (Å²) in [6.07, 6.45) is -7.02. The second kappa shape index (κ2) is 10.5. The third kappa shape index (κ3) is 7.03. The molecule has 0 fully saturated rings. The number of carbonyl (C=O) groups is 2. The van der Waals surface area contributed by atoms with Gasteiger partial charge in [0.25, 0.3) is 0 Å². The summed E-state index contributed by atoms with van der Waals surface area (Å²) >= 11 is 0. The molecular weight excluding hydrogens is 543 g/mol. The molecule has 0 aromatic rings. The molecule has 0 aromatic heterocycles. The lowest BCUT2D eigenvalue weighted by atomic mass is 9.94. The molecule has 0 radical (unpaired) electrons. The molecule has 0 aliphatic heterocycles. The van der Waals surface area contributed by atoms with Crippen molar-refractivity contribution >= 4 is 20.0 Å². The van der Waals surface area contributed by atoms with E-state index in [2.05, 4.69) is 9.47 Å². The molecule has 0 rings (SSSR count). The van der Waals surface area contributed by atoms with E-state index in [0.29, 0.717) is 12.5 Å². The van der Waals surface area contributed by atoms with Crippen LogP contribution in [0.25, 0.3) is 0 Å². The van der Waals surface area contributed by atoms with Crippen LogP contribution in [0.5, 0.6) is 0 Å². The van der Waals surface area contributed by atoms with Crippen molar-refractivity contribution < 1.29 is 76.1 Å². The average Bonchev–Trinajstić information content (AvgIpc) is 2.67. The van der Waals surface area contributed by atoms with Crippen LogP contribution in [0.1, 0.15) is 6.42 Å². The molecule has 35 heavy (non-hydrogen) atoms. The van der Waals surface area contributed by atoms with Crippen LogP contribution in [0.3, 0.4) is 0 Å². The van der Waals surface area contributed by atoms with Gasteiger partial charge in [0.2, 0.25) is 0 Å². The maximum Gasteiger partial charge on any atom is 0.473 e. The maximum atomic E-state index is 13.5. The first-order valence-electron chi connectivity index (χ1n) is 9.21. The fraction of sp³-hybridized carbons (Fsp3) is 0.765. The topological polar surface area (TPSA) is 52.6 Å². The van der Waals surface area contributed by atoms with Crippen LogP contribution in [0, 0.1) is 0 Å². The Bertz CT molecular complexity index is 791. The minimum atomic E-state index is -8.02. The van der Waals surface area contributed by atoms with Crippen molar-refractivity contribution in [2.75, 3.05) is 13.3 Å². The number of alkyl halides is 13. The van der Waals surface area contributed by atoms with Crippen molar-refractivity contribution in [3.05, 3.63) is 12.2 Å². The van der Waals surface area contributed by atoms with E-state index in [4.69, 9.17) is 0 Å². The van der Waals surface area contributed by atoms with E-state index in [-0.39, 0.29) is 18.8 Å². The number of ether oxygens (including phenoxy) is 2. The quantitative estimate of drug-likeness (QED) is 0.0896. The largest absolute Gasteiger partial charge is 0.473 e. The second-order valence-electron chi connectivity index (χ2n) is 8.24. The van der Waals surface area contributed by atoms with Crippen LogP contribution in [-0.2, 0) is 19.1 Å². The zero-order valence-electron chi connectivity index (χ0n) is 18.0. The van der Waals surface area contributed by atoms with Crippen molar-refractivity contribution in [3.8, 4) is 0 Å². The minimum Gasteiger partial charge on any atom is -0.463 e. The molecule has 0 saturated carbocycles. The Morgan fingerprint density at radius 1 is 0.714 bits per heavy atom. The van der Waals surface area contributed by atoms with E-state index in [0.717, 1.165) is 0 Å². The molecule has 0 unspecified atom stereocenters. The zero-order valence-corrected chi connectivity index (χ0v) is 19.0. The van der Waals surface area contributed by atoms with Crippen LogP contribution in [0.15, 0.2) is 12.2 Å². The van der Waals surface area contributed by atoms with Crippen LogP contribution in [0.4, 0.5) is 57.1 Å². The minimum absolute atomic E-state index is 0.00771. The average molecular weight is 562 g/mol. The Morgan fingerprint density at radius 2 is 1.14 bits per heavy atom. The van der Waals surface area contributed by atoms with Gasteiger partial charge in [0.1, 0.15) is 0 Å². The lowest BCUT2D eigenvalue weighted by Gasteiger charge is -2.40. The number of halogens is 13. The third-order valence-electron chi connectivity index (χ3n) is 4.08. The van der Waals surface area contributed by atoms with Crippen LogP contribution in [0.2, 0.25) is 25.7 Å². The van der Waals surface area contributed by atoms with E-state index in [1.807, 2.05) is 19.6 Å². The van der Waals surface area contributed by atoms with Gasteiger partial charge in [-0.05, 0) is 6.42 Å². The molecule has 0 aliphatic carbocycles. The predicted octanol–water partition coefficient (Wildman–Crippen LogP) is 6.10. The fourth-order valence-corrected chi connectivity index (χ4v) is 3.28. The first-order valence-corrected chi connectivity index (χ1v) is 12.9. The number of rotatable bonds is 13. The SMILES string of the molecule is C[Si](C)(C)CCCOC(=O)C=CC(=O)OC(F)(F)C(F)(F)C(F)(F)C(F)(F)C(F)(F)C(F)(F)CF. The van der Waals surface area contributed by atoms with Gasteiger partial charge in [0.15, 0.2) is 6.67 Å². The summed E-state index contributed by atoms with van der Waals surface area (Å²) in [4.78, 5) is 22.5. The highest BCUT2D eigenvalue weighted by Gasteiger charge is 2.91. The molecular formula is C17H19F13O4Si. The Morgan fingerprint density at radius 3 is 1.57 bits per heavy atom. The number of hydrogen-bond acceptors (Lipinski definition) is 4. The standard InChI is InChI=1S/C17H19F13O4Si/c1-35(2,3)8-4-7-33-10(31)5-6-11(32)34-17(29,30)16(27,28)15(25,26)14(23,24)13(21,22)12(19,20)9-18/h5-6H,4,7-9H2,1-3H3. The summed E-state index contributed by atoms with van der Waals surface area (Å²) in [7, 11) is -1.52. The number of carbonyl (C=O) groups excluding carboxylic acids is 2. The number of hydrogen-bond donors (Lipinski definition) is 0. The summed E-state index contributed by atoms with van der Waals surface area (Å²) in [5.41, 5.74) is 0. The summed E-state index contributed by atoms with van der Waals surface area (Å²) in [6, 6.07) is 0.669. The molecule has 0 saturated heterocycles. The first kappa shape index (κ1) is 33.0. The van der Waals surface area contributed by atoms with Gasteiger partial charge in [0.05, 0.1) is 6.61 Å². The molecule has 0 amide bonds. The zero-order chi connectivity index (χ0) is 28.3. The van der Waals surface area contributed by atoms with Crippen molar-refractivity contribution in [3.63, 3.8) is 0 Å². The monoisotopic (exact) mass is 562 g/mol. The normalized spacial score (nSPS) is 14.9. The van der Waals surface area contributed by atoms with Crippen LogP contribution in [-0.4, -0.2) is 69.0 Å². The van der Waals surface area contributed by atoms with Crippen molar-refractivity contribution in [1.82, 2.24) is 0 Å². The highest BCUT2D eigenvalue weighted by Crippen LogP contribution is 2.60. The molecule has 0 atom stereocenters. The predicted molar refractivity (Wildman–Crippen MR) is 94.6 cm³/mol. The smallest absolute Gasteiger partial charge is 0.463 e. The third-order valence-corrected chi connectivity index (χ3v) is 5.93. The maximum absolute atomic E-state index is 13.5. The lowest BCUT2D eigenvalue weighted by Crippen LogP contribution is -2.71. The van der Waals surface area contributed by atoms with Gasteiger partial charge in [-0.25, -0.2) is 14.0 Å². The summed E-state index contributed by atoms with van der Waals surface area (Å²) < 4.78 is 178. The van der Waals surface area contributed by atoms with Crippen LogP contribution >= 0.6 is 0 Å². The Hall–Kier alpha value is -2.01. The van der Waals surface area contributed by atoms with E-state index >= 15 is 0 Å². The summed E-state index contributed by atoms with van der Waals surface area (Å²) in [5.74, 6) is -42.2. The van der Waals surface area contributed by atoms with E-state index in [9.17, 15) is 66.7 Å². The Kier molecular flexibility index (Phi) is 9.93. The Labute approximate surface area is 190 Å². The fourth-order valence-electron chi connectivity index (χ4n) is 2.07. The molecule has 0 N–H and O–H groups in total. The van der Waals surface area contributed by atoms with Gasteiger partial charge in [0, 0.05) is 20.2 Å². The second-order valence-corrected chi connectivity index (χ2v) is 13.9. The van der Waals surface area contributed by atoms with Gasteiger partial charge < -0.3 is 9.47 Å². The van der Waals surface area contributed by atoms with Crippen molar-refractivity contribution in [2.45, 2.75) is 67.8 Å². The van der Waals surface area contributed by atoms with E-state index in [1.165, 1.54) is 0 Å². The summed E-state index contributed by atoms with van der Waals surface area (Å²) in [5, 5.41) is 0. The summed E-state index contributed by atoms with van der Waals surface area (Å²) in [6.45, 7) is 1.92. The van der Waals surface area contributed by atoms with Gasteiger partial charge in [-0.2, -0.15) is 52.7 Å². The van der Waals surface area contributed by atoms with Crippen molar-refractivity contribution in [1.29, 1.82) is 0 Å². The van der Waals surface area contributed by atoms with E-state index < -0.39 is 62.4 Å².